The monoisotopic (exact) mass is 267 g/mol. The quantitative estimate of drug-likeness (QED) is 0.497. The lowest BCUT2D eigenvalue weighted by molar-refractivity contribution is 0.279. The van der Waals surface area contributed by atoms with Crippen LogP contribution in [-0.4, -0.2) is 40.1 Å². The number of imidazole rings is 1. The second-order valence-electron chi connectivity index (χ2n) is 4.92. The zero-order chi connectivity index (χ0) is 14.1. The first-order chi connectivity index (χ1) is 9.24. The first kappa shape index (κ1) is 16.1. The highest BCUT2D eigenvalue weighted by Gasteiger charge is 2.12. The van der Waals surface area contributed by atoms with E-state index in [1.54, 1.807) is 0 Å². The van der Waals surface area contributed by atoms with E-state index in [1.807, 2.05) is 6.20 Å². The first-order valence-corrected chi connectivity index (χ1v) is 7.43. The largest absolute Gasteiger partial charge is 0.335 e. The summed E-state index contributed by atoms with van der Waals surface area (Å²) in [6.07, 6.45) is 7.01. The Morgan fingerprint density at radius 2 is 2.11 bits per heavy atom. The molecule has 110 valence electrons. The fourth-order valence-electron chi connectivity index (χ4n) is 2.32. The van der Waals surface area contributed by atoms with Crippen molar-refractivity contribution in [3.8, 4) is 0 Å². The average molecular weight is 267 g/mol. The standard InChI is InChI=1S/C14H29N5/c1-4-9-19-11-8-16-14(19)12-13(17-15)7-10-18(5-2)6-3/h8,11,13,17H,4-7,9-10,12,15H2,1-3H3. The van der Waals surface area contributed by atoms with Gasteiger partial charge in [0.1, 0.15) is 5.82 Å². The minimum atomic E-state index is 0.290. The maximum atomic E-state index is 5.68. The molecule has 1 aromatic rings. The van der Waals surface area contributed by atoms with Gasteiger partial charge < -0.3 is 9.47 Å². The molecule has 0 radical (unpaired) electrons. The number of aryl methyl sites for hydroxylation is 1. The van der Waals surface area contributed by atoms with E-state index in [9.17, 15) is 0 Å². The lowest BCUT2D eigenvalue weighted by atomic mass is 10.1. The maximum absolute atomic E-state index is 5.68. The third-order valence-corrected chi connectivity index (χ3v) is 3.62. The number of nitrogens with two attached hydrogens (primary N) is 1. The van der Waals surface area contributed by atoms with E-state index in [4.69, 9.17) is 5.84 Å². The molecule has 0 amide bonds. The Hall–Kier alpha value is -0.910. The van der Waals surface area contributed by atoms with Gasteiger partial charge in [0.05, 0.1) is 0 Å². The summed E-state index contributed by atoms with van der Waals surface area (Å²) >= 11 is 0. The second-order valence-corrected chi connectivity index (χ2v) is 4.92. The van der Waals surface area contributed by atoms with Crippen LogP contribution in [0.4, 0.5) is 0 Å². The van der Waals surface area contributed by atoms with Crippen LogP contribution in [0.5, 0.6) is 0 Å². The summed E-state index contributed by atoms with van der Waals surface area (Å²) in [5.41, 5.74) is 2.93. The zero-order valence-corrected chi connectivity index (χ0v) is 12.6. The topological polar surface area (TPSA) is 59.1 Å². The normalized spacial score (nSPS) is 13.1. The van der Waals surface area contributed by atoms with Gasteiger partial charge in [0.25, 0.3) is 0 Å². The molecular formula is C14H29N5. The molecule has 1 atom stereocenters. The summed E-state index contributed by atoms with van der Waals surface area (Å²) in [7, 11) is 0. The first-order valence-electron chi connectivity index (χ1n) is 7.43. The molecule has 1 rings (SSSR count). The van der Waals surface area contributed by atoms with Crippen molar-refractivity contribution in [2.75, 3.05) is 19.6 Å². The van der Waals surface area contributed by atoms with Gasteiger partial charge in [-0.15, -0.1) is 0 Å². The van der Waals surface area contributed by atoms with E-state index in [-0.39, 0.29) is 0 Å². The molecule has 1 heterocycles. The molecule has 0 saturated heterocycles. The van der Waals surface area contributed by atoms with E-state index in [0.717, 1.165) is 51.3 Å². The van der Waals surface area contributed by atoms with E-state index in [2.05, 4.69) is 46.8 Å². The Bertz CT molecular complexity index is 332. The predicted octanol–water partition coefficient (Wildman–Crippen LogP) is 1.40. The summed E-state index contributed by atoms with van der Waals surface area (Å²) < 4.78 is 2.22. The van der Waals surface area contributed by atoms with Crippen LogP contribution in [0.1, 0.15) is 39.4 Å². The molecule has 0 saturated carbocycles. The molecule has 0 aromatic carbocycles. The van der Waals surface area contributed by atoms with E-state index in [1.165, 1.54) is 0 Å². The molecule has 5 nitrogen and oxygen atoms in total. The number of rotatable bonds is 10. The average Bonchev–Trinajstić information content (AvgIpc) is 2.86. The van der Waals surface area contributed by atoms with Gasteiger partial charge in [-0.05, 0) is 32.5 Å². The van der Waals surface area contributed by atoms with Gasteiger partial charge in [-0.3, -0.25) is 11.3 Å². The molecule has 0 aliphatic heterocycles. The minimum Gasteiger partial charge on any atom is -0.335 e. The third-order valence-electron chi connectivity index (χ3n) is 3.62. The highest BCUT2D eigenvalue weighted by atomic mass is 15.2. The highest BCUT2D eigenvalue weighted by molar-refractivity contribution is 4.95. The van der Waals surface area contributed by atoms with Gasteiger partial charge in [-0.25, -0.2) is 4.98 Å². The van der Waals surface area contributed by atoms with Crippen LogP contribution < -0.4 is 11.3 Å². The minimum absolute atomic E-state index is 0.290. The highest BCUT2D eigenvalue weighted by Crippen LogP contribution is 2.06. The van der Waals surface area contributed by atoms with Crippen molar-refractivity contribution in [2.45, 2.75) is 52.6 Å². The number of aromatic nitrogens is 2. The molecule has 1 aromatic heterocycles. The number of hydrazine groups is 1. The molecule has 3 N–H and O–H groups in total. The van der Waals surface area contributed by atoms with Gasteiger partial charge >= 0.3 is 0 Å². The van der Waals surface area contributed by atoms with Gasteiger partial charge in [0, 0.05) is 31.4 Å². The van der Waals surface area contributed by atoms with Crippen LogP contribution in [0.2, 0.25) is 0 Å². The second kappa shape index (κ2) is 9.07. The molecule has 1 unspecified atom stereocenters. The fraction of sp³-hybridized carbons (Fsp3) is 0.786. The zero-order valence-electron chi connectivity index (χ0n) is 12.6. The van der Waals surface area contributed by atoms with Gasteiger partial charge in [-0.1, -0.05) is 20.8 Å². The SMILES string of the molecule is CCCn1ccnc1CC(CCN(CC)CC)NN. The lowest BCUT2D eigenvalue weighted by Crippen LogP contribution is -2.40. The smallest absolute Gasteiger partial charge is 0.110 e. The maximum Gasteiger partial charge on any atom is 0.110 e. The Kier molecular flexibility index (Phi) is 7.70. The summed E-state index contributed by atoms with van der Waals surface area (Å²) in [5, 5.41) is 0. The van der Waals surface area contributed by atoms with E-state index >= 15 is 0 Å². The van der Waals surface area contributed by atoms with Crippen molar-refractivity contribution < 1.29 is 0 Å². The summed E-state index contributed by atoms with van der Waals surface area (Å²) in [6, 6.07) is 0.290. The fourth-order valence-corrected chi connectivity index (χ4v) is 2.32. The number of nitrogens with zero attached hydrogens (tertiary/aromatic N) is 3. The Labute approximate surface area is 117 Å². The summed E-state index contributed by atoms with van der Waals surface area (Å²) in [4.78, 5) is 6.86. The molecular weight excluding hydrogens is 238 g/mol. The third kappa shape index (κ3) is 5.30. The van der Waals surface area contributed by atoms with Crippen LogP contribution in [-0.2, 0) is 13.0 Å². The van der Waals surface area contributed by atoms with Crippen molar-refractivity contribution in [3.05, 3.63) is 18.2 Å². The van der Waals surface area contributed by atoms with Gasteiger partial charge in [0.15, 0.2) is 0 Å². The molecule has 0 aliphatic rings. The van der Waals surface area contributed by atoms with Crippen LogP contribution in [0.3, 0.4) is 0 Å². The summed E-state index contributed by atoms with van der Waals surface area (Å²) in [5.74, 6) is 6.81. The number of hydrogen-bond acceptors (Lipinski definition) is 4. The number of hydrogen-bond donors (Lipinski definition) is 2. The van der Waals surface area contributed by atoms with Crippen molar-refractivity contribution in [1.82, 2.24) is 19.9 Å². The predicted molar refractivity (Wildman–Crippen MR) is 79.7 cm³/mol. The van der Waals surface area contributed by atoms with Crippen molar-refractivity contribution in [1.29, 1.82) is 0 Å². The van der Waals surface area contributed by atoms with Crippen molar-refractivity contribution >= 4 is 0 Å². The van der Waals surface area contributed by atoms with Crippen LogP contribution >= 0.6 is 0 Å². The van der Waals surface area contributed by atoms with Crippen LogP contribution in [0.15, 0.2) is 12.4 Å². The van der Waals surface area contributed by atoms with E-state index in [0.29, 0.717) is 6.04 Å². The Morgan fingerprint density at radius 3 is 2.68 bits per heavy atom. The number of nitrogens with one attached hydrogen (secondary N) is 1. The van der Waals surface area contributed by atoms with E-state index < -0.39 is 0 Å². The van der Waals surface area contributed by atoms with Gasteiger partial charge in [0.2, 0.25) is 0 Å². The van der Waals surface area contributed by atoms with Crippen LogP contribution in [0, 0.1) is 0 Å². The van der Waals surface area contributed by atoms with Crippen LogP contribution in [0.25, 0.3) is 0 Å². The molecule has 0 spiro atoms. The molecule has 19 heavy (non-hydrogen) atoms. The Balaban J connectivity index is 2.49. The van der Waals surface area contributed by atoms with Gasteiger partial charge in [-0.2, -0.15) is 0 Å². The lowest BCUT2D eigenvalue weighted by Gasteiger charge is -2.22. The van der Waals surface area contributed by atoms with Crippen molar-refractivity contribution in [3.63, 3.8) is 0 Å². The Morgan fingerprint density at radius 1 is 1.37 bits per heavy atom. The molecule has 0 fully saturated rings. The molecule has 5 heteroatoms. The molecule has 0 aliphatic carbocycles. The summed E-state index contributed by atoms with van der Waals surface area (Å²) in [6.45, 7) is 10.9. The van der Waals surface area contributed by atoms with Crippen molar-refractivity contribution in [2.24, 2.45) is 5.84 Å². The molecule has 0 bridgehead atoms.